The summed E-state index contributed by atoms with van der Waals surface area (Å²) in [6.45, 7) is 2.17. The van der Waals surface area contributed by atoms with E-state index in [0.29, 0.717) is 30.8 Å². The normalized spacial score (nSPS) is 15.7. The van der Waals surface area contributed by atoms with Crippen LogP contribution in [0.25, 0.3) is 22.3 Å². The van der Waals surface area contributed by atoms with Crippen molar-refractivity contribution < 1.29 is 9.53 Å². The Kier molecular flexibility index (Phi) is 6.19. The van der Waals surface area contributed by atoms with E-state index in [1.54, 1.807) is 0 Å². The number of fused-ring (bicyclic) bond motifs is 1. The first-order valence-electron chi connectivity index (χ1n) is 11.2. The minimum atomic E-state index is 0.259. The van der Waals surface area contributed by atoms with Gasteiger partial charge in [0.1, 0.15) is 29.3 Å². The molecule has 2 N–H and O–H groups in total. The highest BCUT2D eigenvalue weighted by molar-refractivity contribution is 5.98. The molecule has 170 valence electrons. The molecule has 1 saturated heterocycles. The van der Waals surface area contributed by atoms with Gasteiger partial charge in [-0.1, -0.05) is 24.1 Å². The van der Waals surface area contributed by atoms with Crippen molar-refractivity contribution in [2.45, 2.75) is 25.4 Å². The summed E-state index contributed by atoms with van der Waals surface area (Å²) in [5.74, 6) is 7.33. The number of benzene rings is 2. The lowest BCUT2D eigenvalue weighted by Gasteiger charge is -2.22. The maximum atomic E-state index is 10.5. The third-order valence-electron chi connectivity index (χ3n) is 5.99. The fourth-order valence-corrected chi connectivity index (χ4v) is 4.36. The highest BCUT2D eigenvalue weighted by Gasteiger charge is 2.26. The van der Waals surface area contributed by atoms with Gasteiger partial charge in [0.05, 0.1) is 18.5 Å². The number of carbonyl (C=O) groups is 1. The van der Waals surface area contributed by atoms with Crippen LogP contribution in [0, 0.1) is 11.8 Å². The predicted octanol–water partition coefficient (Wildman–Crippen LogP) is 3.53. The lowest BCUT2D eigenvalue weighted by Crippen LogP contribution is -2.33. The van der Waals surface area contributed by atoms with Crippen molar-refractivity contribution in [3.63, 3.8) is 0 Å². The summed E-state index contributed by atoms with van der Waals surface area (Å²) in [7, 11) is 0. The predicted molar refractivity (Wildman–Crippen MR) is 130 cm³/mol. The van der Waals surface area contributed by atoms with Crippen LogP contribution in [0.1, 0.15) is 12.8 Å². The van der Waals surface area contributed by atoms with Crippen molar-refractivity contribution in [3.05, 3.63) is 60.9 Å². The van der Waals surface area contributed by atoms with E-state index in [1.165, 1.54) is 6.33 Å². The molecule has 0 bridgehead atoms. The number of aromatic nitrogens is 4. The zero-order valence-corrected chi connectivity index (χ0v) is 18.6. The molecular formula is C26H24N6O2. The molecule has 1 fully saturated rings. The van der Waals surface area contributed by atoms with Gasteiger partial charge < -0.3 is 10.5 Å². The van der Waals surface area contributed by atoms with Crippen LogP contribution >= 0.6 is 0 Å². The van der Waals surface area contributed by atoms with Gasteiger partial charge >= 0.3 is 0 Å². The molecule has 5 rings (SSSR count). The van der Waals surface area contributed by atoms with Crippen LogP contribution in [-0.2, 0) is 11.3 Å². The molecule has 1 atom stereocenters. The Morgan fingerprint density at radius 3 is 2.68 bits per heavy atom. The molecule has 0 aliphatic carbocycles. The number of carbonyl (C=O) groups excluding carboxylic acids is 1. The average Bonchev–Trinajstić information content (AvgIpc) is 3.46. The van der Waals surface area contributed by atoms with Gasteiger partial charge in [0.15, 0.2) is 11.9 Å². The van der Waals surface area contributed by atoms with Crippen molar-refractivity contribution >= 4 is 23.1 Å². The van der Waals surface area contributed by atoms with E-state index in [2.05, 4.69) is 26.7 Å². The molecule has 34 heavy (non-hydrogen) atoms. The number of aldehydes is 1. The van der Waals surface area contributed by atoms with Gasteiger partial charge in [0, 0.05) is 11.6 Å². The fraction of sp³-hybridized carbons (Fsp3) is 0.231. The zero-order chi connectivity index (χ0) is 23.3. The van der Waals surface area contributed by atoms with Gasteiger partial charge in [-0.05, 0) is 61.7 Å². The second-order valence-electron chi connectivity index (χ2n) is 8.13. The molecule has 0 unspecified atom stereocenters. The molecule has 8 heteroatoms. The van der Waals surface area contributed by atoms with E-state index >= 15 is 0 Å². The molecule has 1 aliphatic heterocycles. The van der Waals surface area contributed by atoms with E-state index in [9.17, 15) is 4.79 Å². The summed E-state index contributed by atoms with van der Waals surface area (Å²) in [4.78, 5) is 21.5. The average molecular weight is 453 g/mol. The monoisotopic (exact) mass is 452 g/mol. The number of nitrogen functional groups attached to an aromatic ring is 1. The first-order chi connectivity index (χ1) is 16.7. The third-order valence-corrected chi connectivity index (χ3v) is 5.99. The van der Waals surface area contributed by atoms with Crippen molar-refractivity contribution in [1.82, 2.24) is 24.6 Å². The Morgan fingerprint density at radius 1 is 1.09 bits per heavy atom. The van der Waals surface area contributed by atoms with Crippen LogP contribution in [0.3, 0.4) is 0 Å². The zero-order valence-electron chi connectivity index (χ0n) is 18.6. The summed E-state index contributed by atoms with van der Waals surface area (Å²) in [6.07, 6.45) is 4.22. The molecule has 2 aromatic heterocycles. The lowest BCUT2D eigenvalue weighted by molar-refractivity contribution is -0.103. The minimum Gasteiger partial charge on any atom is -0.457 e. The molecule has 0 radical (unpaired) electrons. The molecule has 1 aliphatic rings. The Bertz CT molecular complexity index is 1360. The third kappa shape index (κ3) is 4.47. The maximum absolute atomic E-state index is 10.5. The number of hydrogen-bond acceptors (Lipinski definition) is 7. The maximum Gasteiger partial charge on any atom is 0.192 e. The molecule has 0 saturated carbocycles. The van der Waals surface area contributed by atoms with E-state index in [-0.39, 0.29) is 6.04 Å². The molecule has 0 amide bonds. The highest BCUT2D eigenvalue weighted by Crippen LogP contribution is 2.32. The standard InChI is InChI=1S/C26H24N6O2/c27-25-23-24(19-10-12-22(13-11-19)34-21-8-2-1-3-9-21)30-32(26(23)29-18-28-25)17-20-7-6-15-31(20)14-4-5-16-33/h1-3,8-13,16,18,20H,6-7,14-15,17H2,(H2,27,28,29)/t20-/m1/s1. The fourth-order valence-electron chi connectivity index (χ4n) is 4.36. The first kappa shape index (κ1) is 21.6. The number of likely N-dealkylation sites (tertiary alicyclic amines) is 1. The topological polar surface area (TPSA) is 99.2 Å². The summed E-state index contributed by atoms with van der Waals surface area (Å²) in [5, 5.41) is 5.64. The van der Waals surface area contributed by atoms with Crippen LogP contribution in [0.2, 0.25) is 0 Å². The largest absolute Gasteiger partial charge is 0.457 e. The van der Waals surface area contributed by atoms with E-state index < -0.39 is 0 Å². The van der Waals surface area contributed by atoms with Crippen molar-refractivity contribution in [3.8, 4) is 34.6 Å². The molecule has 8 nitrogen and oxygen atoms in total. The van der Waals surface area contributed by atoms with Gasteiger partial charge in [0.2, 0.25) is 0 Å². The van der Waals surface area contributed by atoms with Gasteiger partial charge in [0.25, 0.3) is 0 Å². The molecular weight excluding hydrogens is 428 g/mol. The number of hydrogen-bond donors (Lipinski definition) is 1. The van der Waals surface area contributed by atoms with E-state index in [4.69, 9.17) is 15.6 Å². The van der Waals surface area contributed by atoms with Crippen LogP contribution < -0.4 is 10.5 Å². The molecule has 3 heterocycles. The van der Waals surface area contributed by atoms with Crippen LogP contribution in [0.4, 0.5) is 5.82 Å². The molecule has 0 spiro atoms. The van der Waals surface area contributed by atoms with Gasteiger partial charge in [-0.3, -0.25) is 9.69 Å². The number of para-hydroxylation sites is 1. The Hall–Kier alpha value is -4.22. The molecule has 4 aromatic rings. The quantitative estimate of drug-likeness (QED) is 0.353. The van der Waals surface area contributed by atoms with E-state index in [1.807, 2.05) is 59.3 Å². The molecule has 2 aromatic carbocycles. The summed E-state index contributed by atoms with van der Waals surface area (Å²) < 4.78 is 7.82. The number of nitrogens with zero attached hydrogens (tertiary/aromatic N) is 5. The van der Waals surface area contributed by atoms with Crippen molar-refractivity contribution in [2.75, 3.05) is 18.8 Å². The number of anilines is 1. The number of ether oxygens (including phenoxy) is 1. The van der Waals surface area contributed by atoms with Crippen molar-refractivity contribution in [1.29, 1.82) is 0 Å². The van der Waals surface area contributed by atoms with Gasteiger partial charge in [-0.25, -0.2) is 14.6 Å². The Morgan fingerprint density at radius 2 is 1.88 bits per heavy atom. The summed E-state index contributed by atoms with van der Waals surface area (Å²) >= 11 is 0. The second-order valence-corrected chi connectivity index (χ2v) is 8.13. The van der Waals surface area contributed by atoms with E-state index in [0.717, 1.165) is 47.5 Å². The summed E-state index contributed by atoms with van der Waals surface area (Å²) in [5.41, 5.74) is 8.62. The Balaban J connectivity index is 1.44. The van der Waals surface area contributed by atoms with Gasteiger partial charge in [-0.2, -0.15) is 5.10 Å². The van der Waals surface area contributed by atoms with Crippen molar-refractivity contribution in [2.24, 2.45) is 0 Å². The second kappa shape index (κ2) is 9.73. The number of rotatable bonds is 6. The highest BCUT2D eigenvalue weighted by atomic mass is 16.5. The first-order valence-corrected chi connectivity index (χ1v) is 11.2. The van der Waals surface area contributed by atoms with Crippen LogP contribution in [-0.4, -0.2) is 50.1 Å². The smallest absolute Gasteiger partial charge is 0.192 e. The van der Waals surface area contributed by atoms with Crippen LogP contribution in [0.15, 0.2) is 60.9 Å². The lowest BCUT2D eigenvalue weighted by atomic mass is 10.1. The number of nitrogens with two attached hydrogens (primary N) is 1. The van der Waals surface area contributed by atoms with Crippen LogP contribution in [0.5, 0.6) is 11.5 Å². The Labute approximate surface area is 197 Å². The minimum absolute atomic E-state index is 0.259. The van der Waals surface area contributed by atoms with Gasteiger partial charge in [-0.15, -0.1) is 0 Å². The summed E-state index contributed by atoms with van der Waals surface area (Å²) in [6, 6.07) is 17.7. The SMILES string of the molecule is Nc1ncnc2c1c(-c1ccc(Oc3ccccc3)cc1)nn2C[C@H]1CCCN1CC#CC=O.